The van der Waals surface area contributed by atoms with E-state index in [0.717, 1.165) is 0 Å². The Labute approximate surface area is 155 Å². The Kier molecular flexibility index (Phi) is 6.30. The monoisotopic (exact) mass is 374 g/mol. The van der Waals surface area contributed by atoms with Crippen molar-refractivity contribution >= 4 is 18.3 Å². The first-order valence-electron chi connectivity index (χ1n) is 8.49. The SMILES string of the molecule is CCOC1CC(N)(C(=O)NC(C)c2nc(C(C)(C)C)no2)C1(C)C.Cl. The van der Waals surface area contributed by atoms with E-state index in [2.05, 4.69) is 15.5 Å². The van der Waals surface area contributed by atoms with Crippen molar-refractivity contribution in [3.8, 4) is 0 Å². The smallest absolute Gasteiger partial charge is 0.248 e. The van der Waals surface area contributed by atoms with Gasteiger partial charge in [0.15, 0.2) is 5.82 Å². The minimum atomic E-state index is -0.964. The second-order valence-electron chi connectivity index (χ2n) is 8.24. The van der Waals surface area contributed by atoms with Crippen LogP contribution in [0.3, 0.4) is 0 Å². The van der Waals surface area contributed by atoms with Crippen LogP contribution in [0.5, 0.6) is 0 Å². The van der Waals surface area contributed by atoms with Gasteiger partial charge in [0.05, 0.1) is 6.10 Å². The minimum absolute atomic E-state index is 0. The number of ether oxygens (including phenoxy) is 1. The van der Waals surface area contributed by atoms with E-state index in [-0.39, 0.29) is 29.8 Å². The lowest BCUT2D eigenvalue weighted by Gasteiger charge is -2.57. The van der Waals surface area contributed by atoms with Gasteiger partial charge in [-0.05, 0) is 13.8 Å². The summed E-state index contributed by atoms with van der Waals surface area (Å²) in [6.07, 6.45) is 0.494. The van der Waals surface area contributed by atoms with Crippen molar-refractivity contribution in [2.24, 2.45) is 11.1 Å². The molecule has 0 radical (unpaired) electrons. The zero-order chi connectivity index (χ0) is 18.3. The molecular weight excluding hydrogens is 344 g/mol. The van der Waals surface area contributed by atoms with Crippen molar-refractivity contribution < 1.29 is 14.1 Å². The Morgan fingerprint density at radius 1 is 1.48 bits per heavy atom. The number of nitrogens with zero attached hydrogens (tertiary/aromatic N) is 2. The van der Waals surface area contributed by atoms with Gasteiger partial charge in [0, 0.05) is 23.9 Å². The summed E-state index contributed by atoms with van der Waals surface area (Å²) in [6.45, 7) is 14.3. The molecule has 1 aliphatic rings. The molecule has 0 aliphatic heterocycles. The lowest BCUT2D eigenvalue weighted by Crippen LogP contribution is -2.75. The maximum absolute atomic E-state index is 12.7. The highest BCUT2D eigenvalue weighted by Crippen LogP contribution is 2.50. The second-order valence-corrected chi connectivity index (χ2v) is 8.24. The van der Waals surface area contributed by atoms with Crippen molar-refractivity contribution in [2.45, 2.75) is 78.0 Å². The molecule has 0 saturated heterocycles. The molecule has 3 N–H and O–H groups in total. The van der Waals surface area contributed by atoms with Crippen LogP contribution in [0.1, 0.15) is 72.6 Å². The third-order valence-electron chi connectivity index (χ3n) is 5.07. The fourth-order valence-corrected chi connectivity index (χ4v) is 2.92. The van der Waals surface area contributed by atoms with Crippen LogP contribution < -0.4 is 11.1 Å². The van der Waals surface area contributed by atoms with Crippen LogP contribution in [0.2, 0.25) is 0 Å². The topological polar surface area (TPSA) is 103 Å². The maximum atomic E-state index is 12.7. The van der Waals surface area contributed by atoms with Crippen LogP contribution >= 0.6 is 12.4 Å². The van der Waals surface area contributed by atoms with Gasteiger partial charge >= 0.3 is 0 Å². The third-order valence-corrected chi connectivity index (χ3v) is 5.07. The Morgan fingerprint density at radius 3 is 2.52 bits per heavy atom. The van der Waals surface area contributed by atoms with Gasteiger partial charge in [-0.1, -0.05) is 39.8 Å². The number of rotatable bonds is 5. The van der Waals surface area contributed by atoms with Crippen molar-refractivity contribution in [3.05, 3.63) is 11.7 Å². The first kappa shape index (κ1) is 21.9. The fourth-order valence-electron chi connectivity index (χ4n) is 2.92. The molecule has 7 nitrogen and oxygen atoms in total. The van der Waals surface area contributed by atoms with Crippen molar-refractivity contribution in [3.63, 3.8) is 0 Å². The molecule has 3 atom stereocenters. The van der Waals surface area contributed by atoms with Gasteiger partial charge in [0.1, 0.15) is 11.6 Å². The number of hydrogen-bond donors (Lipinski definition) is 2. The number of carbonyl (C=O) groups is 1. The van der Waals surface area contributed by atoms with E-state index in [1.165, 1.54) is 0 Å². The zero-order valence-electron chi connectivity index (χ0n) is 16.2. The molecule has 1 aromatic rings. The summed E-state index contributed by atoms with van der Waals surface area (Å²) >= 11 is 0. The van der Waals surface area contributed by atoms with Crippen LogP contribution in [-0.4, -0.2) is 34.3 Å². The van der Waals surface area contributed by atoms with Gasteiger partial charge in [-0.2, -0.15) is 4.98 Å². The summed E-state index contributed by atoms with van der Waals surface area (Å²) < 4.78 is 11.0. The van der Waals surface area contributed by atoms with Crippen molar-refractivity contribution in [2.75, 3.05) is 6.61 Å². The molecule has 25 heavy (non-hydrogen) atoms. The van der Waals surface area contributed by atoms with Crippen LogP contribution in [0.15, 0.2) is 4.52 Å². The number of halogens is 1. The summed E-state index contributed by atoms with van der Waals surface area (Å²) in [5.41, 5.74) is 4.78. The van der Waals surface area contributed by atoms with Gasteiger partial charge in [-0.15, -0.1) is 12.4 Å². The largest absolute Gasteiger partial charge is 0.378 e. The molecule has 144 valence electrons. The number of nitrogens with two attached hydrogens (primary N) is 1. The normalized spacial score (nSPS) is 26.3. The Balaban J connectivity index is 0.00000312. The van der Waals surface area contributed by atoms with E-state index in [9.17, 15) is 4.79 Å². The quantitative estimate of drug-likeness (QED) is 0.820. The van der Waals surface area contributed by atoms with E-state index in [1.807, 2.05) is 48.5 Å². The Bertz CT molecular complexity index is 611. The van der Waals surface area contributed by atoms with E-state index >= 15 is 0 Å². The molecule has 1 aromatic heterocycles. The third kappa shape index (κ3) is 3.83. The lowest BCUT2D eigenvalue weighted by atomic mass is 9.54. The van der Waals surface area contributed by atoms with Gasteiger partial charge in [0.25, 0.3) is 0 Å². The Morgan fingerprint density at radius 2 is 2.08 bits per heavy atom. The fraction of sp³-hybridized carbons (Fsp3) is 0.824. The van der Waals surface area contributed by atoms with Crippen LogP contribution in [-0.2, 0) is 14.9 Å². The molecule has 1 saturated carbocycles. The summed E-state index contributed by atoms with van der Waals surface area (Å²) in [5, 5.41) is 6.89. The highest BCUT2D eigenvalue weighted by atomic mass is 35.5. The zero-order valence-corrected chi connectivity index (χ0v) is 17.0. The molecule has 0 spiro atoms. The number of amides is 1. The van der Waals surface area contributed by atoms with Crippen LogP contribution in [0, 0.1) is 5.41 Å². The lowest BCUT2D eigenvalue weighted by molar-refractivity contribution is -0.171. The summed E-state index contributed by atoms with van der Waals surface area (Å²) in [4.78, 5) is 17.1. The molecule has 1 aliphatic carbocycles. The van der Waals surface area contributed by atoms with E-state index in [4.69, 9.17) is 15.0 Å². The van der Waals surface area contributed by atoms with Crippen LogP contribution in [0.4, 0.5) is 0 Å². The highest BCUT2D eigenvalue weighted by Gasteiger charge is 2.63. The summed E-state index contributed by atoms with van der Waals surface area (Å²) in [6, 6.07) is -0.400. The average Bonchev–Trinajstić information content (AvgIpc) is 2.96. The second kappa shape index (κ2) is 7.21. The molecule has 0 aromatic carbocycles. The van der Waals surface area contributed by atoms with Gasteiger partial charge in [-0.25, -0.2) is 0 Å². The number of aromatic nitrogens is 2. The maximum Gasteiger partial charge on any atom is 0.248 e. The van der Waals surface area contributed by atoms with Gasteiger partial charge < -0.3 is 20.3 Å². The first-order chi connectivity index (χ1) is 10.9. The standard InChI is InChI=1S/C17H30N4O3.ClH/c1-8-23-11-9-17(18,16(11,6)7)14(22)19-10(2)12-20-13(21-24-12)15(3,4)5;/h10-11H,8-9,18H2,1-7H3,(H,19,22);1H. The summed E-state index contributed by atoms with van der Waals surface area (Å²) in [7, 11) is 0. The molecule has 8 heteroatoms. The van der Waals surface area contributed by atoms with Gasteiger partial charge in [-0.3, -0.25) is 4.79 Å². The number of hydrogen-bond acceptors (Lipinski definition) is 6. The molecule has 3 unspecified atom stereocenters. The number of nitrogens with one attached hydrogen (secondary N) is 1. The van der Waals surface area contributed by atoms with E-state index < -0.39 is 17.0 Å². The average molecular weight is 375 g/mol. The molecule has 2 rings (SSSR count). The first-order valence-corrected chi connectivity index (χ1v) is 8.49. The molecule has 1 fully saturated rings. The van der Waals surface area contributed by atoms with Gasteiger partial charge in [0.2, 0.25) is 11.8 Å². The Hall–Kier alpha value is -1.18. The molecular formula is C17H31ClN4O3. The predicted molar refractivity (Wildman–Crippen MR) is 97.5 cm³/mol. The van der Waals surface area contributed by atoms with E-state index in [0.29, 0.717) is 24.7 Å². The van der Waals surface area contributed by atoms with Crippen molar-refractivity contribution in [1.82, 2.24) is 15.5 Å². The molecule has 0 bridgehead atoms. The molecule has 1 heterocycles. The van der Waals surface area contributed by atoms with Crippen molar-refractivity contribution in [1.29, 1.82) is 0 Å². The minimum Gasteiger partial charge on any atom is -0.378 e. The predicted octanol–water partition coefficient (Wildman–Crippen LogP) is 2.50. The highest BCUT2D eigenvalue weighted by molar-refractivity contribution is 5.89. The summed E-state index contributed by atoms with van der Waals surface area (Å²) in [5.74, 6) is 0.781. The van der Waals surface area contributed by atoms with E-state index in [1.54, 1.807) is 0 Å². The molecule has 1 amide bonds. The van der Waals surface area contributed by atoms with Crippen LogP contribution in [0.25, 0.3) is 0 Å². The number of carbonyl (C=O) groups excluding carboxylic acids is 1.